The zero-order valence-corrected chi connectivity index (χ0v) is 24.3. The minimum atomic E-state index is -0.791. The Morgan fingerprint density at radius 3 is 1.64 bits per heavy atom. The van der Waals surface area contributed by atoms with Gasteiger partial charge in [0.25, 0.3) is 5.91 Å². The monoisotopic (exact) mass is 526 g/mol. The fraction of sp³-hybridized carbons (Fsp3) is 0.412. The van der Waals surface area contributed by atoms with Crippen molar-refractivity contribution in [2.45, 2.75) is 83.2 Å². The number of carbonyl (C=O) groups excluding carboxylic acids is 2. The summed E-state index contributed by atoms with van der Waals surface area (Å²) in [5.74, 6) is 0.0177. The zero-order chi connectivity index (χ0) is 28.4. The Bertz CT molecular complexity index is 1230. The highest BCUT2D eigenvalue weighted by Gasteiger charge is 2.36. The first-order valence-electron chi connectivity index (χ1n) is 13.8. The molecule has 1 aliphatic rings. The van der Waals surface area contributed by atoms with E-state index in [-0.39, 0.29) is 34.6 Å². The molecule has 39 heavy (non-hydrogen) atoms. The van der Waals surface area contributed by atoms with Crippen LogP contribution in [0.4, 0.5) is 0 Å². The first-order chi connectivity index (χ1) is 18.4. The third-order valence-electron chi connectivity index (χ3n) is 7.31. The van der Waals surface area contributed by atoms with Crippen molar-refractivity contribution in [3.05, 3.63) is 101 Å². The van der Waals surface area contributed by atoms with Crippen molar-refractivity contribution in [2.24, 2.45) is 0 Å². The van der Waals surface area contributed by atoms with Gasteiger partial charge in [0, 0.05) is 28.7 Å². The summed E-state index contributed by atoms with van der Waals surface area (Å²) in [5, 5.41) is 6.31. The summed E-state index contributed by atoms with van der Waals surface area (Å²) in [7, 11) is 1.68. The van der Waals surface area contributed by atoms with Crippen LogP contribution in [0.15, 0.2) is 72.8 Å². The molecule has 0 radical (unpaired) electrons. The van der Waals surface area contributed by atoms with Gasteiger partial charge in [0.05, 0.1) is 7.11 Å². The molecule has 0 aromatic heterocycles. The minimum Gasteiger partial charge on any atom is -0.496 e. The second kappa shape index (κ2) is 11.3. The first kappa shape index (κ1) is 28.4. The van der Waals surface area contributed by atoms with Gasteiger partial charge >= 0.3 is 0 Å². The molecule has 0 spiro atoms. The summed E-state index contributed by atoms with van der Waals surface area (Å²) in [6.45, 7) is 12.7. The fourth-order valence-corrected chi connectivity index (χ4v) is 5.04. The summed E-state index contributed by atoms with van der Waals surface area (Å²) >= 11 is 0. The van der Waals surface area contributed by atoms with Gasteiger partial charge in [-0.1, -0.05) is 102 Å². The van der Waals surface area contributed by atoms with Crippen LogP contribution in [0.5, 0.6) is 5.75 Å². The van der Waals surface area contributed by atoms with Gasteiger partial charge in [0.1, 0.15) is 11.8 Å². The number of benzene rings is 3. The van der Waals surface area contributed by atoms with Crippen LogP contribution in [0.2, 0.25) is 0 Å². The topological polar surface area (TPSA) is 67.4 Å². The van der Waals surface area contributed by atoms with Gasteiger partial charge in [0.2, 0.25) is 5.91 Å². The number of carbonyl (C=O) groups is 2. The molecule has 0 unspecified atom stereocenters. The van der Waals surface area contributed by atoms with Crippen molar-refractivity contribution in [3.63, 3.8) is 0 Å². The number of ether oxygens (including phenoxy) is 1. The Balaban J connectivity index is 1.81. The smallest absolute Gasteiger partial charge is 0.251 e. The van der Waals surface area contributed by atoms with Crippen molar-refractivity contribution in [1.82, 2.24) is 10.6 Å². The van der Waals surface area contributed by atoms with Crippen LogP contribution >= 0.6 is 0 Å². The molecule has 0 heterocycles. The lowest BCUT2D eigenvalue weighted by Crippen LogP contribution is -2.51. The van der Waals surface area contributed by atoms with E-state index in [1.54, 1.807) is 7.11 Å². The molecule has 1 atom stereocenters. The van der Waals surface area contributed by atoms with E-state index in [1.807, 2.05) is 72.8 Å². The minimum absolute atomic E-state index is 0.163. The van der Waals surface area contributed by atoms with Crippen LogP contribution in [0.3, 0.4) is 0 Å². The summed E-state index contributed by atoms with van der Waals surface area (Å²) in [6, 6.07) is 23.1. The maximum Gasteiger partial charge on any atom is 0.251 e. The van der Waals surface area contributed by atoms with Gasteiger partial charge < -0.3 is 15.4 Å². The van der Waals surface area contributed by atoms with Crippen LogP contribution in [0.1, 0.15) is 92.9 Å². The standard InChI is InChI=1S/C34H42N2O3/c1-33(2,3)26-20-24(21-27(30(26)39-7)34(4,5)6)31(37)36-29(32(38)35-25-18-19-25)28(22-14-10-8-11-15-22)23-16-12-9-13-17-23/h8-17,20-21,25,28-29H,18-19H2,1-7H3,(H,35,38)(H,36,37)/t29-/m0/s1. The van der Waals surface area contributed by atoms with E-state index < -0.39 is 6.04 Å². The molecule has 3 aromatic carbocycles. The van der Waals surface area contributed by atoms with Gasteiger partial charge in [0.15, 0.2) is 0 Å². The molecule has 2 N–H and O–H groups in total. The SMILES string of the molecule is COc1c(C(C)(C)C)cc(C(=O)N[C@H](C(=O)NC2CC2)C(c2ccccc2)c2ccccc2)cc1C(C)(C)C. The van der Waals surface area contributed by atoms with E-state index in [4.69, 9.17) is 4.74 Å². The Kier molecular flexibility index (Phi) is 8.20. The van der Waals surface area contributed by atoms with E-state index in [9.17, 15) is 9.59 Å². The molecular weight excluding hydrogens is 484 g/mol. The van der Waals surface area contributed by atoms with Crippen molar-refractivity contribution < 1.29 is 14.3 Å². The molecule has 2 amide bonds. The number of rotatable bonds is 8. The first-order valence-corrected chi connectivity index (χ1v) is 13.8. The Labute approximate surface area is 233 Å². The Hall–Kier alpha value is -3.60. The van der Waals surface area contributed by atoms with E-state index in [0.29, 0.717) is 5.56 Å². The third-order valence-corrected chi connectivity index (χ3v) is 7.31. The molecule has 206 valence electrons. The van der Waals surface area contributed by atoms with Gasteiger partial charge in [-0.3, -0.25) is 9.59 Å². The van der Waals surface area contributed by atoms with Gasteiger partial charge in [-0.05, 0) is 46.9 Å². The normalized spacial score (nSPS) is 14.6. The maximum absolute atomic E-state index is 14.1. The maximum atomic E-state index is 14.1. The quantitative estimate of drug-likeness (QED) is 0.352. The van der Waals surface area contributed by atoms with Crippen LogP contribution in [-0.4, -0.2) is 31.0 Å². The fourth-order valence-electron chi connectivity index (χ4n) is 5.04. The van der Waals surface area contributed by atoms with Gasteiger partial charge in [-0.15, -0.1) is 0 Å². The van der Waals surface area contributed by atoms with Crippen molar-refractivity contribution in [3.8, 4) is 5.75 Å². The molecule has 0 saturated heterocycles. The molecule has 1 fully saturated rings. The molecule has 0 aliphatic heterocycles. The summed E-state index contributed by atoms with van der Waals surface area (Å²) in [6.07, 6.45) is 1.94. The lowest BCUT2D eigenvalue weighted by atomic mass is 9.78. The van der Waals surface area contributed by atoms with Gasteiger partial charge in [-0.2, -0.15) is 0 Å². The lowest BCUT2D eigenvalue weighted by Gasteiger charge is -2.31. The van der Waals surface area contributed by atoms with E-state index >= 15 is 0 Å². The highest BCUT2D eigenvalue weighted by Crippen LogP contribution is 2.40. The Morgan fingerprint density at radius 1 is 0.795 bits per heavy atom. The number of amides is 2. The van der Waals surface area contributed by atoms with E-state index in [0.717, 1.165) is 40.8 Å². The number of methoxy groups -OCH3 is 1. The largest absolute Gasteiger partial charge is 0.496 e. The predicted octanol–water partition coefficient (Wildman–Crippen LogP) is 6.50. The van der Waals surface area contributed by atoms with Crippen LogP contribution in [0.25, 0.3) is 0 Å². The zero-order valence-electron chi connectivity index (χ0n) is 24.3. The van der Waals surface area contributed by atoms with Crippen LogP contribution in [0, 0.1) is 0 Å². The number of nitrogens with one attached hydrogen (secondary N) is 2. The van der Waals surface area contributed by atoms with E-state index in [1.165, 1.54) is 0 Å². The third kappa shape index (κ3) is 6.70. The Morgan fingerprint density at radius 2 is 1.26 bits per heavy atom. The summed E-state index contributed by atoms with van der Waals surface area (Å²) < 4.78 is 5.89. The molecule has 1 aliphatic carbocycles. The number of hydrogen-bond acceptors (Lipinski definition) is 3. The average Bonchev–Trinajstić information content (AvgIpc) is 3.71. The van der Waals surface area contributed by atoms with Crippen LogP contribution in [-0.2, 0) is 15.6 Å². The molecule has 5 heteroatoms. The van der Waals surface area contributed by atoms with Crippen molar-refractivity contribution >= 4 is 11.8 Å². The lowest BCUT2D eigenvalue weighted by molar-refractivity contribution is -0.123. The summed E-state index contributed by atoms with van der Waals surface area (Å²) in [5.41, 5.74) is 3.89. The van der Waals surface area contributed by atoms with Crippen LogP contribution < -0.4 is 15.4 Å². The second-order valence-corrected chi connectivity index (χ2v) is 12.6. The molecule has 1 saturated carbocycles. The van der Waals surface area contributed by atoms with Gasteiger partial charge in [-0.25, -0.2) is 0 Å². The second-order valence-electron chi connectivity index (χ2n) is 12.6. The molecule has 4 rings (SSSR count). The molecule has 0 bridgehead atoms. The molecule has 3 aromatic rings. The molecule has 5 nitrogen and oxygen atoms in total. The van der Waals surface area contributed by atoms with Crippen molar-refractivity contribution in [1.29, 1.82) is 0 Å². The summed E-state index contributed by atoms with van der Waals surface area (Å²) in [4.78, 5) is 27.8. The molecular formula is C34H42N2O3. The highest BCUT2D eigenvalue weighted by atomic mass is 16.5. The highest BCUT2D eigenvalue weighted by molar-refractivity contribution is 5.99. The van der Waals surface area contributed by atoms with E-state index in [2.05, 4.69) is 52.2 Å². The van der Waals surface area contributed by atoms with Crippen molar-refractivity contribution in [2.75, 3.05) is 7.11 Å². The predicted molar refractivity (Wildman–Crippen MR) is 158 cm³/mol. The number of hydrogen-bond donors (Lipinski definition) is 2. The average molecular weight is 527 g/mol.